The number of aryl methyl sites for hydroxylation is 3. The summed E-state index contributed by atoms with van der Waals surface area (Å²) in [6.07, 6.45) is 0. The van der Waals surface area contributed by atoms with E-state index in [9.17, 15) is 4.79 Å². The van der Waals surface area contributed by atoms with Gasteiger partial charge < -0.3 is 20.1 Å². The summed E-state index contributed by atoms with van der Waals surface area (Å²) in [6, 6.07) is 19.4. The Labute approximate surface area is 217 Å². The molecule has 2 heterocycles. The lowest BCUT2D eigenvalue weighted by molar-refractivity contribution is -0.130. The summed E-state index contributed by atoms with van der Waals surface area (Å²) in [5, 5.41) is 7.16. The van der Waals surface area contributed by atoms with Gasteiger partial charge in [0.25, 0.3) is 0 Å². The number of amides is 1. The number of nitrogens with zero attached hydrogens (tertiary/aromatic N) is 1. The number of fused-ring (bicyclic) bond motifs is 4. The van der Waals surface area contributed by atoms with Crippen molar-refractivity contribution >= 4 is 34.6 Å². The molecule has 5 rings (SSSR count). The Hall–Kier alpha value is -3.58. The van der Waals surface area contributed by atoms with Crippen molar-refractivity contribution in [3.05, 3.63) is 82.9 Å². The lowest BCUT2D eigenvalue weighted by atomic mass is 9.78. The first-order valence-corrected chi connectivity index (χ1v) is 12.6. The average molecular weight is 502 g/mol. The highest BCUT2D eigenvalue weighted by atomic mass is 32.1. The maximum absolute atomic E-state index is 14.1. The highest BCUT2D eigenvalue weighted by molar-refractivity contribution is 7.80. The zero-order valence-electron chi connectivity index (χ0n) is 21.2. The largest absolute Gasteiger partial charge is 0.490 e. The molecule has 7 heteroatoms. The number of thiocarbonyl (C=S) groups is 1. The van der Waals surface area contributed by atoms with E-state index in [0.717, 1.165) is 33.6 Å². The maximum atomic E-state index is 14.1. The molecule has 2 aliphatic rings. The van der Waals surface area contributed by atoms with Gasteiger partial charge in [-0.3, -0.25) is 9.69 Å². The lowest BCUT2D eigenvalue weighted by Gasteiger charge is -2.56. The molecular weight excluding hydrogens is 470 g/mol. The zero-order valence-corrected chi connectivity index (χ0v) is 22.0. The van der Waals surface area contributed by atoms with Crippen molar-refractivity contribution in [3.8, 4) is 11.5 Å². The minimum Gasteiger partial charge on any atom is -0.490 e. The fraction of sp³-hybridized carbons (Fsp3) is 0.310. The quantitative estimate of drug-likeness (QED) is 0.430. The average Bonchev–Trinajstić information content (AvgIpc) is 2.82. The van der Waals surface area contributed by atoms with Gasteiger partial charge in [-0.05, 0) is 76.2 Å². The zero-order chi connectivity index (χ0) is 25.6. The molecule has 3 aromatic rings. The van der Waals surface area contributed by atoms with E-state index in [4.69, 9.17) is 21.7 Å². The molecule has 3 atom stereocenters. The molecule has 2 bridgehead atoms. The molecule has 0 radical (unpaired) electrons. The number of nitrogens with one attached hydrogen (secondary N) is 2. The molecule has 1 fully saturated rings. The van der Waals surface area contributed by atoms with Gasteiger partial charge in [-0.15, -0.1) is 0 Å². The van der Waals surface area contributed by atoms with Crippen molar-refractivity contribution in [1.29, 1.82) is 0 Å². The van der Waals surface area contributed by atoms with Crippen LogP contribution >= 0.6 is 12.2 Å². The number of para-hydroxylation sites is 2. The molecule has 186 valence electrons. The first-order chi connectivity index (χ1) is 17.2. The summed E-state index contributed by atoms with van der Waals surface area (Å²) in [6.45, 7) is 10.5. The Morgan fingerprint density at radius 2 is 1.89 bits per heavy atom. The molecule has 1 amide bonds. The molecule has 3 aromatic carbocycles. The van der Waals surface area contributed by atoms with E-state index in [1.54, 1.807) is 0 Å². The van der Waals surface area contributed by atoms with Gasteiger partial charge in [-0.1, -0.05) is 48.0 Å². The van der Waals surface area contributed by atoms with E-state index in [2.05, 4.69) is 16.7 Å². The predicted molar refractivity (Wildman–Crippen MR) is 147 cm³/mol. The van der Waals surface area contributed by atoms with E-state index >= 15 is 0 Å². The van der Waals surface area contributed by atoms with Gasteiger partial charge in [0.05, 0.1) is 12.6 Å². The molecule has 2 N–H and O–H groups in total. The highest BCUT2D eigenvalue weighted by Gasteiger charge is 2.59. The van der Waals surface area contributed by atoms with E-state index in [0.29, 0.717) is 23.2 Å². The smallest absolute Gasteiger partial charge is 0.236 e. The second kappa shape index (κ2) is 9.13. The molecule has 2 aliphatic heterocycles. The van der Waals surface area contributed by atoms with Gasteiger partial charge in [0.2, 0.25) is 5.91 Å². The Morgan fingerprint density at radius 1 is 1.11 bits per heavy atom. The Balaban J connectivity index is 1.66. The summed E-state index contributed by atoms with van der Waals surface area (Å²) in [5.74, 6) is 0.527. The van der Waals surface area contributed by atoms with Crippen molar-refractivity contribution in [1.82, 2.24) is 5.32 Å². The predicted octanol–water partition coefficient (Wildman–Crippen LogP) is 5.81. The molecule has 0 saturated carbocycles. The van der Waals surface area contributed by atoms with Crippen LogP contribution < -0.4 is 25.0 Å². The van der Waals surface area contributed by atoms with Crippen LogP contribution in [0.3, 0.4) is 0 Å². The molecule has 36 heavy (non-hydrogen) atoms. The number of rotatable bonds is 5. The Kier molecular flexibility index (Phi) is 6.12. The maximum Gasteiger partial charge on any atom is 0.236 e. The third-order valence-electron chi connectivity index (χ3n) is 7.07. The van der Waals surface area contributed by atoms with E-state index in [-0.39, 0.29) is 5.91 Å². The van der Waals surface area contributed by atoms with Crippen LogP contribution in [0.2, 0.25) is 0 Å². The number of benzene rings is 3. The van der Waals surface area contributed by atoms with Gasteiger partial charge in [0.1, 0.15) is 5.92 Å². The van der Waals surface area contributed by atoms with Crippen molar-refractivity contribution in [2.75, 3.05) is 16.8 Å². The number of hydrogen-bond donors (Lipinski definition) is 2. The van der Waals surface area contributed by atoms with Gasteiger partial charge in [0.15, 0.2) is 22.3 Å². The third-order valence-corrected chi connectivity index (χ3v) is 7.37. The molecular formula is C29H31N3O3S. The lowest BCUT2D eigenvalue weighted by Crippen LogP contribution is -2.72. The molecule has 0 spiro atoms. The summed E-state index contributed by atoms with van der Waals surface area (Å²) in [5.41, 5.74) is 4.60. The Bertz CT molecular complexity index is 1360. The van der Waals surface area contributed by atoms with Crippen LogP contribution in [-0.2, 0) is 4.79 Å². The van der Waals surface area contributed by atoms with E-state index in [1.165, 1.54) is 0 Å². The van der Waals surface area contributed by atoms with Crippen molar-refractivity contribution in [2.24, 2.45) is 5.92 Å². The van der Waals surface area contributed by atoms with Gasteiger partial charge in [-0.2, -0.15) is 0 Å². The van der Waals surface area contributed by atoms with Crippen LogP contribution in [0, 0.1) is 26.7 Å². The number of anilines is 2. The summed E-state index contributed by atoms with van der Waals surface area (Å²) in [4.78, 5) is 16.0. The SMILES string of the molecule is CCOc1cccc2c1O[C@@]1(C)[C@@H](C(=O)Nc3ccc(C)cc3C)[C@@H]2NC(=S)N1c1ccccc1C. The fourth-order valence-electron chi connectivity index (χ4n) is 5.38. The minimum atomic E-state index is -1.11. The molecule has 0 aliphatic carbocycles. The van der Waals surface area contributed by atoms with Crippen molar-refractivity contribution < 1.29 is 14.3 Å². The van der Waals surface area contributed by atoms with Gasteiger partial charge in [0, 0.05) is 16.9 Å². The second-order valence-corrected chi connectivity index (χ2v) is 9.99. The molecule has 1 saturated heterocycles. The summed E-state index contributed by atoms with van der Waals surface area (Å²) >= 11 is 5.88. The summed E-state index contributed by atoms with van der Waals surface area (Å²) < 4.78 is 12.7. The number of carbonyl (C=O) groups is 1. The van der Waals surface area contributed by atoms with Crippen LogP contribution in [0.4, 0.5) is 11.4 Å². The summed E-state index contributed by atoms with van der Waals surface area (Å²) in [7, 11) is 0. The Morgan fingerprint density at radius 3 is 2.61 bits per heavy atom. The van der Waals surface area contributed by atoms with Crippen LogP contribution in [0.5, 0.6) is 11.5 Å². The molecule has 0 unspecified atom stereocenters. The van der Waals surface area contributed by atoms with Crippen LogP contribution in [0.1, 0.15) is 42.1 Å². The topological polar surface area (TPSA) is 62.8 Å². The van der Waals surface area contributed by atoms with Crippen LogP contribution in [0.25, 0.3) is 0 Å². The van der Waals surface area contributed by atoms with Gasteiger partial charge in [-0.25, -0.2) is 0 Å². The minimum absolute atomic E-state index is 0.143. The van der Waals surface area contributed by atoms with Crippen molar-refractivity contribution in [2.45, 2.75) is 46.4 Å². The second-order valence-electron chi connectivity index (χ2n) is 9.60. The standard InChI is InChI=1S/C29H31N3O3S/c1-6-34-23-13-9-11-20-25-24(27(33)30-21-15-14-17(2)16-19(21)4)29(5,35-26(20)23)32(28(36)31-25)22-12-8-7-10-18(22)3/h7-16,24-25H,6H2,1-5H3,(H,30,33)(H,31,36)/t24-,25-,29+/m1/s1. The molecule has 6 nitrogen and oxygen atoms in total. The van der Waals surface area contributed by atoms with Crippen LogP contribution in [-0.4, -0.2) is 23.4 Å². The number of carbonyl (C=O) groups excluding carboxylic acids is 1. The highest BCUT2D eigenvalue weighted by Crippen LogP contribution is 2.53. The monoisotopic (exact) mass is 501 g/mol. The number of ether oxygens (including phenoxy) is 2. The normalized spacial score (nSPS) is 22.2. The fourth-order valence-corrected chi connectivity index (χ4v) is 5.79. The van der Waals surface area contributed by atoms with Gasteiger partial charge >= 0.3 is 0 Å². The molecule has 0 aromatic heterocycles. The van der Waals surface area contributed by atoms with E-state index in [1.807, 2.05) is 94.1 Å². The first-order valence-electron chi connectivity index (χ1n) is 12.2. The van der Waals surface area contributed by atoms with E-state index < -0.39 is 17.7 Å². The number of hydrogen-bond acceptors (Lipinski definition) is 4. The first kappa shape index (κ1) is 24.1. The third kappa shape index (κ3) is 3.88. The van der Waals surface area contributed by atoms with Crippen molar-refractivity contribution in [3.63, 3.8) is 0 Å². The van der Waals surface area contributed by atoms with Crippen LogP contribution in [0.15, 0.2) is 60.7 Å².